The maximum absolute atomic E-state index is 2.40. The topological polar surface area (TPSA) is 0 Å². The molecule has 0 saturated heterocycles. The zero-order valence-corrected chi connectivity index (χ0v) is 7.78. The van der Waals surface area contributed by atoms with Gasteiger partial charge in [0, 0.05) is 0 Å². The van der Waals surface area contributed by atoms with Crippen LogP contribution in [0.4, 0.5) is 0 Å². The highest BCUT2D eigenvalue weighted by Gasteiger charge is 2.29. The van der Waals surface area contributed by atoms with Crippen molar-refractivity contribution in [1.82, 2.24) is 0 Å². The van der Waals surface area contributed by atoms with E-state index >= 15 is 0 Å². The lowest BCUT2D eigenvalue weighted by molar-refractivity contribution is 0.143. The van der Waals surface area contributed by atoms with E-state index in [0.29, 0.717) is 5.41 Å². The van der Waals surface area contributed by atoms with Gasteiger partial charge in [0.1, 0.15) is 0 Å². The Balaban J connectivity index is 0.000001000. The number of hydrogen-bond acceptors (Lipinski definition) is 0. The summed E-state index contributed by atoms with van der Waals surface area (Å²) in [6.07, 6.45) is 4.30. The van der Waals surface area contributed by atoms with Crippen LogP contribution in [0.25, 0.3) is 0 Å². The van der Waals surface area contributed by atoms with E-state index in [1.165, 1.54) is 19.3 Å². The molecule has 0 heteroatoms. The zero-order chi connectivity index (χ0) is 7.78. The largest absolute Gasteiger partial charge is 0.0776 e. The van der Waals surface area contributed by atoms with Gasteiger partial charge in [-0.3, -0.25) is 0 Å². The summed E-state index contributed by atoms with van der Waals surface area (Å²) in [5.74, 6) is 1.91. The first-order chi connectivity index (χ1) is 4.49. The average molecular weight is 156 g/mol. The van der Waals surface area contributed by atoms with E-state index in [1.807, 2.05) is 0 Å². The highest BCUT2D eigenvalue weighted by Crippen LogP contribution is 2.41. The lowest BCUT2D eigenvalue weighted by atomic mass is 9.69. The minimum Gasteiger partial charge on any atom is -0.0776 e. The predicted molar refractivity (Wildman–Crippen MR) is 52.7 cm³/mol. The van der Waals surface area contributed by atoms with Crippen molar-refractivity contribution in [1.29, 1.82) is 0 Å². The van der Waals surface area contributed by atoms with Gasteiger partial charge in [0.25, 0.3) is 0 Å². The van der Waals surface area contributed by atoms with Crippen molar-refractivity contribution in [2.24, 2.45) is 17.3 Å². The fourth-order valence-corrected chi connectivity index (χ4v) is 2.82. The molecule has 0 aromatic rings. The molecular weight excluding hydrogens is 132 g/mol. The van der Waals surface area contributed by atoms with Crippen LogP contribution in [0, 0.1) is 17.3 Å². The minimum atomic E-state index is 0. The van der Waals surface area contributed by atoms with E-state index in [2.05, 4.69) is 27.7 Å². The van der Waals surface area contributed by atoms with Crippen molar-refractivity contribution in [2.75, 3.05) is 0 Å². The summed E-state index contributed by atoms with van der Waals surface area (Å²) in [6, 6.07) is 0. The van der Waals surface area contributed by atoms with Crippen molar-refractivity contribution >= 4 is 0 Å². The van der Waals surface area contributed by atoms with Crippen molar-refractivity contribution in [3.8, 4) is 0 Å². The van der Waals surface area contributed by atoms with Gasteiger partial charge in [-0.1, -0.05) is 35.1 Å². The third-order valence-corrected chi connectivity index (χ3v) is 2.61. The van der Waals surface area contributed by atoms with Crippen LogP contribution in [0.2, 0.25) is 0 Å². The molecule has 0 N–H and O–H groups in total. The predicted octanol–water partition coefficient (Wildman–Crippen LogP) is 4.10. The van der Waals surface area contributed by atoms with Gasteiger partial charge in [0.05, 0.1) is 0 Å². The second-order valence-electron chi connectivity index (χ2n) is 5.02. The van der Waals surface area contributed by atoms with Gasteiger partial charge in [0.2, 0.25) is 0 Å². The van der Waals surface area contributed by atoms with Gasteiger partial charge >= 0.3 is 0 Å². The van der Waals surface area contributed by atoms with Crippen LogP contribution < -0.4 is 0 Å². The molecule has 0 bridgehead atoms. The molecule has 0 nitrogen and oxygen atoms in total. The molecule has 68 valence electrons. The van der Waals surface area contributed by atoms with E-state index in [4.69, 9.17) is 0 Å². The van der Waals surface area contributed by atoms with Crippen LogP contribution in [0.1, 0.15) is 54.4 Å². The van der Waals surface area contributed by atoms with Crippen LogP contribution in [-0.2, 0) is 0 Å². The summed E-state index contributed by atoms with van der Waals surface area (Å²) in [4.78, 5) is 0. The molecule has 1 aliphatic rings. The average Bonchev–Trinajstić information content (AvgIpc) is 1.54. The van der Waals surface area contributed by atoms with Crippen LogP contribution in [0.5, 0.6) is 0 Å². The standard InChI is InChI=1S/C10H20.CH4/c1-8-5-9(2)7-10(3,4)6-8;/h8-9H,5-7H2,1-4H3;1H4. The first kappa shape index (κ1) is 11.0. The molecule has 0 heterocycles. The summed E-state index contributed by atoms with van der Waals surface area (Å²) < 4.78 is 0. The third-order valence-electron chi connectivity index (χ3n) is 2.61. The maximum Gasteiger partial charge on any atom is -0.0349 e. The Morgan fingerprint density at radius 2 is 1.36 bits per heavy atom. The Kier molecular flexibility index (Phi) is 3.60. The number of hydrogen-bond donors (Lipinski definition) is 0. The molecular formula is C11H24. The van der Waals surface area contributed by atoms with E-state index < -0.39 is 0 Å². The molecule has 1 saturated carbocycles. The van der Waals surface area contributed by atoms with E-state index in [1.54, 1.807) is 0 Å². The Bertz CT molecular complexity index is 101. The molecule has 0 aliphatic heterocycles. The van der Waals surface area contributed by atoms with Crippen LogP contribution in [0.3, 0.4) is 0 Å². The first-order valence-corrected chi connectivity index (χ1v) is 4.49. The van der Waals surface area contributed by atoms with Crippen molar-refractivity contribution < 1.29 is 0 Å². The smallest absolute Gasteiger partial charge is 0.0349 e. The summed E-state index contributed by atoms with van der Waals surface area (Å²) in [5.41, 5.74) is 0.622. The molecule has 0 aromatic heterocycles. The lowest BCUT2D eigenvalue weighted by Crippen LogP contribution is -2.25. The normalized spacial score (nSPS) is 36.0. The summed E-state index contributed by atoms with van der Waals surface area (Å²) >= 11 is 0. The summed E-state index contributed by atoms with van der Waals surface area (Å²) in [7, 11) is 0. The van der Waals surface area contributed by atoms with Crippen molar-refractivity contribution in [2.45, 2.75) is 54.4 Å². The molecule has 0 amide bonds. The molecule has 0 spiro atoms. The van der Waals surface area contributed by atoms with Crippen LogP contribution in [-0.4, -0.2) is 0 Å². The minimum absolute atomic E-state index is 0. The second kappa shape index (κ2) is 3.60. The second-order valence-corrected chi connectivity index (χ2v) is 5.02. The Labute approximate surface area is 72.4 Å². The maximum atomic E-state index is 2.40. The molecule has 1 rings (SSSR count). The Hall–Kier alpha value is 0. The fraction of sp³-hybridized carbons (Fsp3) is 1.00. The molecule has 1 fully saturated rings. The molecule has 1 aliphatic carbocycles. The van der Waals surface area contributed by atoms with Gasteiger partial charge in [0.15, 0.2) is 0 Å². The molecule has 11 heavy (non-hydrogen) atoms. The number of rotatable bonds is 0. The third kappa shape index (κ3) is 3.27. The monoisotopic (exact) mass is 156 g/mol. The van der Waals surface area contributed by atoms with Gasteiger partial charge in [-0.05, 0) is 36.5 Å². The SMILES string of the molecule is C.CC1CC(C)CC(C)(C)C1. The summed E-state index contributed by atoms with van der Waals surface area (Å²) in [5, 5.41) is 0. The molecule has 0 aromatic carbocycles. The fourth-order valence-electron chi connectivity index (χ4n) is 2.82. The van der Waals surface area contributed by atoms with Crippen LogP contribution >= 0.6 is 0 Å². The van der Waals surface area contributed by atoms with E-state index in [9.17, 15) is 0 Å². The van der Waals surface area contributed by atoms with Gasteiger partial charge in [-0.15, -0.1) is 0 Å². The molecule has 2 unspecified atom stereocenters. The van der Waals surface area contributed by atoms with Gasteiger partial charge < -0.3 is 0 Å². The molecule has 2 atom stereocenters. The van der Waals surface area contributed by atoms with E-state index in [-0.39, 0.29) is 7.43 Å². The summed E-state index contributed by atoms with van der Waals surface area (Å²) in [6.45, 7) is 9.58. The van der Waals surface area contributed by atoms with Gasteiger partial charge in [-0.2, -0.15) is 0 Å². The van der Waals surface area contributed by atoms with Crippen LogP contribution in [0.15, 0.2) is 0 Å². The molecule has 0 radical (unpaired) electrons. The van der Waals surface area contributed by atoms with Crippen molar-refractivity contribution in [3.05, 3.63) is 0 Å². The zero-order valence-electron chi connectivity index (χ0n) is 7.78. The first-order valence-electron chi connectivity index (χ1n) is 4.49. The van der Waals surface area contributed by atoms with E-state index in [0.717, 1.165) is 11.8 Å². The Morgan fingerprint density at radius 3 is 1.64 bits per heavy atom. The lowest BCUT2D eigenvalue weighted by Gasteiger charge is -2.37. The van der Waals surface area contributed by atoms with Gasteiger partial charge in [-0.25, -0.2) is 0 Å². The highest BCUT2D eigenvalue weighted by molar-refractivity contribution is 4.80. The Morgan fingerprint density at radius 1 is 1.00 bits per heavy atom. The highest BCUT2D eigenvalue weighted by atomic mass is 14.3. The van der Waals surface area contributed by atoms with Crippen molar-refractivity contribution in [3.63, 3.8) is 0 Å². The quantitative estimate of drug-likeness (QED) is 0.495.